The highest BCUT2D eigenvalue weighted by atomic mass is 35.5. The van der Waals surface area contributed by atoms with Gasteiger partial charge in [0.15, 0.2) is 0 Å². The Bertz CT molecular complexity index is 1790. The Kier molecular flexibility index (Phi) is 10.2. The Balaban J connectivity index is 1.37. The maximum absolute atomic E-state index is 12.9. The third-order valence-electron chi connectivity index (χ3n) is 7.80. The fourth-order valence-electron chi connectivity index (χ4n) is 5.39. The highest BCUT2D eigenvalue weighted by Gasteiger charge is 2.27. The summed E-state index contributed by atoms with van der Waals surface area (Å²) in [4.78, 5) is 44.4. The lowest BCUT2D eigenvalue weighted by molar-refractivity contribution is -0.149. The number of aryl methyl sites for hydroxylation is 1. The number of likely N-dealkylation sites (tertiary alicyclic amines) is 1. The number of aromatic nitrogens is 3. The van der Waals surface area contributed by atoms with Gasteiger partial charge in [0, 0.05) is 42.0 Å². The Morgan fingerprint density at radius 1 is 0.978 bits per heavy atom. The lowest BCUT2D eigenvalue weighted by Gasteiger charge is -2.31. The third kappa shape index (κ3) is 7.03. The van der Waals surface area contributed by atoms with Gasteiger partial charge in [-0.05, 0) is 51.1 Å². The molecule has 234 valence electrons. The average molecular weight is 651 g/mol. The van der Waals surface area contributed by atoms with E-state index in [-0.39, 0.29) is 22.5 Å². The maximum atomic E-state index is 12.9. The Hall–Kier alpha value is -4.25. The van der Waals surface area contributed by atoms with E-state index in [2.05, 4.69) is 15.3 Å². The summed E-state index contributed by atoms with van der Waals surface area (Å²) in [5, 5.41) is 7.27. The summed E-state index contributed by atoms with van der Waals surface area (Å²) in [6, 6.07) is 16.0. The summed E-state index contributed by atoms with van der Waals surface area (Å²) in [6.07, 6.45) is 2.89. The van der Waals surface area contributed by atoms with E-state index < -0.39 is 11.5 Å². The van der Waals surface area contributed by atoms with Crippen LogP contribution in [0.4, 0.5) is 5.69 Å². The van der Waals surface area contributed by atoms with Crippen molar-refractivity contribution in [2.45, 2.75) is 26.3 Å². The zero-order chi connectivity index (χ0) is 32.1. The van der Waals surface area contributed by atoms with Crippen molar-refractivity contribution in [2.75, 3.05) is 32.1 Å². The van der Waals surface area contributed by atoms with Gasteiger partial charge >= 0.3 is 5.97 Å². The minimum Gasteiger partial charge on any atom is -0.481 e. The molecule has 1 fully saturated rings. The summed E-state index contributed by atoms with van der Waals surface area (Å²) >= 11 is 13.8. The Morgan fingerprint density at radius 3 is 2.38 bits per heavy atom. The highest BCUT2D eigenvalue weighted by molar-refractivity contribution is 6.39. The third-order valence-corrected chi connectivity index (χ3v) is 8.61. The van der Waals surface area contributed by atoms with Crippen LogP contribution >= 0.6 is 23.2 Å². The zero-order valence-corrected chi connectivity index (χ0v) is 26.7. The average Bonchev–Trinajstić information content (AvgIpc) is 3.04. The number of nitrogens with zero attached hydrogens (tertiary/aromatic N) is 4. The molecule has 2 aromatic heterocycles. The first-order valence-corrected chi connectivity index (χ1v) is 15.3. The van der Waals surface area contributed by atoms with Gasteiger partial charge in [0.2, 0.25) is 5.88 Å². The standard InChI is InChI=1S/C33H33Cl2N5O5/c1-4-45-33(43)20-14-17-40(18-15-20)19-21-11-12-26(38-31(21)44-3)24-9-5-7-22(28(24)34)23-8-6-10-27(29(23)35)37-30(41)25-13-16-36-39(2)32(25)42/h5-13,16,20H,4,14-15,17-19H2,1-3H3,(H,37,41). The van der Waals surface area contributed by atoms with E-state index in [1.165, 1.54) is 19.3 Å². The molecule has 5 rings (SSSR count). The fraction of sp³-hybridized carbons (Fsp3) is 0.303. The maximum Gasteiger partial charge on any atom is 0.309 e. The molecule has 10 nitrogen and oxygen atoms in total. The first-order valence-electron chi connectivity index (χ1n) is 14.6. The van der Waals surface area contributed by atoms with E-state index in [0.717, 1.165) is 36.2 Å². The van der Waals surface area contributed by atoms with E-state index >= 15 is 0 Å². The van der Waals surface area contributed by atoms with Crippen LogP contribution < -0.4 is 15.6 Å². The van der Waals surface area contributed by atoms with E-state index in [1.807, 2.05) is 37.3 Å². The van der Waals surface area contributed by atoms with Crippen LogP contribution in [0.5, 0.6) is 5.88 Å². The van der Waals surface area contributed by atoms with Crippen molar-refractivity contribution in [3.63, 3.8) is 0 Å². The van der Waals surface area contributed by atoms with Gasteiger partial charge in [-0.25, -0.2) is 9.67 Å². The normalized spacial score (nSPS) is 13.8. The summed E-state index contributed by atoms with van der Waals surface area (Å²) in [5.74, 6) is -0.281. The number of rotatable bonds is 9. The second-order valence-electron chi connectivity index (χ2n) is 10.6. The number of esters is 1. The summed E-state index contributed by atoms with van der Waals surface area (Å²) in [7, 11) is 3.06. The molecule has 0 bridgehead atoms. The molecule has 45 heavy (non-hydrogen) atoms. The molecular weight excluding hydrogens is 617 g/mol. The predicted molar refractivity (Wildman–Crippen MR) is 174 cm³/mol. The number of hydrogen-bond donors (Lipinski definition) is 1. The first-order chi connectivity index (χ1) is 21.7. The van der Waals surface area contributed by atoms with E-state index in [0.29, 0.717) is 52.1 Å². The van der Waals surface area contributed by atoms with E-state index in [9.17, 15) is 14.4 Å². The molecule has 1 aliphatic rings. The van der Waals surface area contributed by atoms with Crippen LogP contribution in [-0.2, 0) is 23.1 Å². The van der Waals surface area contributed by atoms with E-state index in [1.54, 1.807) is 25.3 Å². The van der Waals surface area contributed by atoms with Gasteiger partial charge < -0.3 is 14.8 Å². The highest BCUT2D eigenvalue weighted by Crippen LogP contribution is 2.41. The molecule has 1 amide bonds. The summed E-state index contributed by atoms with van der Waals surface area (Å²) < 4.78 is 12.0. The van der Waals surface area contributed by atoms with Crippen molar-refractivity contribution in [3.05, 3.63) is 92.3 Å². The van der Waals surface area contributed by atoms with E-state index in [4.69, 9.17) is 37.7 Å². The Labute approximate surface area is 270 Å². The van der Waals surface area contributed by atoms with Gasteiger partial charge in [-0.2, -0.15) is 5.10 Å². The number of piperidine rings is 1. The van der Waals surface area contributed by atoms with Gasteiger partial charge in [0.05, 0.1) is 41.1 Å². The van der Waals surface area contributed by atoms with Crippen LogP contribution in [0, 0.1) is 5.92 Å². The molecular formula is C33H33Cl2N5O5. The molecule has 0 aliphatic carbocycles. The van der Waals surface area contributed by atoms with Crippen LogP contribution in [0.1, 0.15) is 35.7 Å². The molecule has 12 heteroatoms. The first kappa shape index (κ1) is 32.2. The minimum absolute atomic E-state index is 0.0565. The van der Waals surface area contributed by atoms with Crippen LogP contribution in [0.25, 0.3) is 22.4 Å². The van der Waals surface area contributed by atoms with Gasteiger partial charge in [-0.3, -0.25) is 19.3 Å². The molecule has 1 aliphatic heterocycles. The smallest absolute Gasteiger partial charge is 0.309 e. The van der Waals surface area contributed by atoms with Crippen LogP contribution in [-0.4, -0.2) is 58.3 Å². The summed E-state index contributed by atoms with van der Waals surface area (Å²) in [6.45, 7) is 4.42. The quantitative estimate of drug-likeness (QED) is 0.225. The van der Waals surface area contributed by atoms with Crippen molar-refractivity contribution in [2.24, 2.45) is 13.0 Å². The van der Waals surface area contributed by atoms with Gasteiger partial charge in [-0.1, -0.05) is 59.6 Å². The number of carbonyl (C=O) groups excluding carboxylic acids is 2. The van der Waals surface area contributed by atoms with Crippen LogP contribution in [0.3, 0.4) is 0 Å². The number of carbonyl (C=O) groups is 2. The molecule has 1 N–H and O–H groups in total. The van der Waals surface area contributed by atoms with Crippen LogP contribution in [0.2, 0.25) is 10.0 Å². The fourth-order valence-corrected chi connectivity index (χ4v) is 5.99. The largest absolute Gasteiger partial charge is 0.481 e. The number of anilines is 1. The van der Waals surface area contributed by atoms with Crippen LogP contribution in [0.15, 0.2) is 65.6 Å². The second-order valence-corrected chi connectivity index (χ2v) is 11.4. The molecule has 1 saturated heterocycles. The molecule has 0 unspecified atom stereocenters. The second kappa shape index (κ2) is 14.2. The Morgan fingerprint density at radius 2 is 1.67 bits per heavy atom. The lowest BCUT2D eigenvalue weighted by Crippen LogP contribution is -2.36. The number of amides is 1. The van der Waals surface area contributed by atoms with Crippen molar-refractivity contribution >= 4 is 40.8 Å². The number of pyridine rings is 1. The lowest BCUT2D eigenvalue weighted by atomic mass is 9.96. The van der Waals surface area contributed by atoms with Crippen molar-refractivity contribution in [1.29, 1.82) is 0 Å². The molecule has 3 heterocycles. The number of nitrogens with one attached hydrogen (secondary N) is 1. The molecule has 0 saturated carbocycles. The molecule has 0 radical (unpaired) electrons. The van der Waals surface area contributed by atoms with Gasteiger partial charge in [0.25, 0.3) is 11.5 Å². The van der Waals surface area contributed by atoms with Gasteiger partial charge in [0.1, 0.15) is 5.56 Å². The zero-order valence-electron chi connectivity index (χ0n) is 25.2. The van der Waals surface area contributed by atoms with Crippen molar-refractivity contribution in [3.8, 4) is 28.3 Å². The van der Waals surface area contributed by atoms with Gasteiger partial charge in [-0.15, -0.1) is 0 Å². The number of halogens is 2. The molecule has 0 atom stereocenters. The monoisotopic (exact) mass is 649 g/mol. The number of benzene rings is 2. The molecule has 0 spiro atoms. The number of hydrogen-bond acceptors (Lipinski definition) is 8. The number of methoxy groups -OCH3 is 1. The van der Waals surface area contributed by atoms with Crippen molar-refractivity contribution < 1.29 is 19.1 Å². The topological polar surface area (TPSA) is 116 Å². The SMILES string of the molecule is CCOC(=O)C1CCN(Cc2ccc(-c3cccc(-c4cccc(NC(=O)c5ccnn(C)c5=O)c4Cl)c3Cl)nc2OC)CC1. The van der Waals surface area contributed by atoms with Crippen molar-refractivity contribution in [1.82, 2.24) is 19.7 Å². The minimum atomic E-state index is -0.600. The summed E-state index contributed by atoms with van der Waals surface area (Å²) in [5.41, 5.74) is 3.22. The molecule has 4 aromatic rings. The predicted octanol–water partition coefficient (Wildman–Crippen LogP) is 5.85. The molecule has 2 aromatic carbocycles. The number of ether oxygens (including phenoxy) is 2.